The number of hydrogen-bond donors (Lipinski definition) is 1. The Labute approximate surface area is 124 Å². The molecule has 1 heterocycles. The van der Waals surface area contributed by atoms with E-state index in [0.29, 0.717) is 6.04 Å². The maximum absolute atomic E-state index is 4.13. The van der Waals surface area contributed by atoms with E-state index in [0.717, 1.165) is 17.8 Å². The molecule has 0 aliphatic heterocycles. The van der Waals surface area contributed by atoms with Crippen LogP contribution in [0.5, 0.6) is 0 Å². The second-order valence-electron chi connectivity index (χ2n) is 4.88. The van der Waals surface area contributed by atoms with Gasteiger partial charge in [0.1, 0.15) is 0 Å². The van der Waals surface area contributed by atoms with Crippen molar-refractivity contribution in [3.8, 4) is 5.69 Å². The van der Waals surface area contributed by atoms with Crippen molar-refractivity contribution in [2.45, 2.75) is 19.4 Å². The van der Waals surface area contributed by atoms with Crippen LogP contribution in [0, 0.1) is 0 Å². The van der Waals surface area contributed by atoms with Crippen molar-refractivity contribution in [3.05, 3.63) is 72.6 Å². The van der Waals surface area contributed by atoms with Gasteiger partial charge in [-0.25, -0.2) is 0 Å². The largest absolute Gasteiger partial charge is 0.378 e. The van der Waals surface area contributed by atoms with Gasteiger partial charge in [0.15, 0.2) is 0 Å². The fourth-order valence-electron chi connectivity index (χ4n) is 2.35. The average molecular weight is 278 g/mol. The highest BCUT2D eigenvalue weighted by Gasteiger charge is 2.08. The molecule has 0 aliphatic carbocycles. The summed E-state index contributed by atoms with van der Waals surface area (Å²) in [6, 6.07) is 19.0. The maximum atomic E-state index is 4.13. The van der Waals surface area contributed by atoms with Crippen molar-refractivity contribution in [2.24, 2.45) is 0 Å². The van der Waals surface area contributed by atoms with E-state index in [2.05, 4.69) is 58.8 Å². The molecular formula is C17H18N4. The Kier molecular flexibility index (Phi) is 3.96. The summed E-state index contributed by atoms with van der Waals surface area (Å²) in [5, 5.41) is 11.8. The topological polar surface area (TPSA) is 42.7 Å². The number of nitrogens with one attached hydrogen (secondary N) is 1. The Morgan fingerprint density at radius 3 is 2.24 bits per heavy atom. The molecule has 1 aromatic heterocycles. The van der Waals surface area contributed by atoms with Gasteiger partial charge in [0.05, 0.1) is 24.1 Å². The van der Waals surface area contributed by atoms with Crippen LogP contribution in [0.4, 0.5) is 5.69 Å². The van der Waals surface area contributed by atoms with Gasteiger partial charge in [0, 0.05) is 5.69 Å². The molecule has 0 bridgehead atoms. The van der Waals surface area contributed by atoms with E-state index in [4.69, 9.17) is 0 Å². The molecule has 0 aliphatic rings. The van der Waals surface area contributed by atoms with Gasteiger partial charge < -0.3 is 5.32 Å². The van der Waals surface area contributed by atoms with E-state index in [-0.39, 0.29) is 0 Å². The van der Waals surface area contributed by atoms with Gasteiger partial charge in [-0.15, -0.1) is 0 Å². The summed E-state index contributed by atoms with van der Waals surface area (Å²) in [7, 11) is 0. The first-order chi connectivity index (χ1) is 10.4. The average Bonchev–Trinajstić information content (AvgIpc) is 3.08. The minimum Gasteiger partial charge on any atom is -0.378 e. The molecule has 1 N–H and O–H groups in total. The van der Waals surface area contributed by atoms with Gasteiger partial charge in [-0.3, -0.25) is 0 Å². The fourth-order valence-corrected chi connectivity index (χ4v) is 2.35. The second-order valence-corrected chi connectivity index (χ2v) is 4.88. The molecule has 1 atom stereocenters. The number of aromatic nitrogens is 3. The van der Waals surface area contributed by atoms with Crippen molar-refractivity contribution in [1.29, 1.82) is 0 Å². The molecule has 3 rings (SSSR count). The third-order valence-corrected chi connectivity index (χ3v) is 3.47. The molecule has 0 amide bonds. The Bertz CT molecular complexity index is 660. The minimum atomic E-state index is 0.319. The normalized spacial score (nSPS) is 12.0. The molecule has 0 fully saturated rings. The molecule has 0 saturated heterocycles. The smallest absolute Gasteiger partial charge is 0.0858 e. The summed E-state index contributed by atoms with van der Waals surface area (Å²) in [6.45, 7) is 2.19. The highest BCUT2D eigenvalue weighted by Crippen LogP contribution is 2.22. The van der Waals surface area contributed by atoms with Crippen LogP contribution in [0.15, 0.2) is 67.0 Å². The number of hydrogen-bond acceptors (Lipinski definition) is 3. The molecule has 0 spiro atoms. The Morgan fingerprint density at radius 2 is 1.62 bits per heavy atom. The summed E-state index contributed by atoms with van der Waals surface area (Å²) < 4.78 is 0. The highest BCUT2D eigenvalue weighted by atomic mass is 15.5. The number of benzene rings is 2. The van der Waals surface area contributed by atoms with E-state index < -0.39 is 0 Å². The molecule has 21 heavy (non-hydrogen) atoms. The zero-order chi connectivity index (χ0) is 14.5. The third-order valence-electron chi connectivity index (χ3n) is 3.47. The van der Waals surface area contributed by atoms with Crippen molar-refractivity contribution >= 4 is 5.69 Å². The lowest BCUT2D eigenvalue weighted by molar-refractivity contribution is 0.745. The number of rotatable bonds is 5. The van der Waals surface area contributed by atoms with Crippen LogP contribution in [-0.4, -0.2) is 15.0 Å². The van der Waals surface area contributed by atoms with E-state index >= 15 is 0 Å². The van der Waals surface area contributed by atoms with Crippen molar-refractivity contribution in [2.75, 3.05) is 5.32 Å². The highest BCUT2D eigenvalue weighted by molar-refractivity contribution is 5.49. The molecule has 0 radical (unpaired) electrons. The molecule has 4 heteroatoms. The standard InChI is InChI=1S/C17H18N4/c1-2-17(14-6-4-3-5-7-14)20-15-8-10-16(11-9-15)21-18-12-13-19-21/h3-13,17,20H,2H2,1H3. The lowest BCUT2D eigenvalue weighted by Crippen LogP contribution is -2.09. The van der Waals surface area contributed by atoms with Crippen LogP contribution >= 0.6 is 0 Å². The summed E-state index contributed by atoms with van der Waals surface area (Å²) >= 11 is 0. The Hall–Kier alpha value is -2.62. The van der Waals surface area contributed by atoms with Gasteiger partial charge in [-0.2, -0.15) is 15.0 Å². The molecule has 106 valence electrons. The van der Waals surface area contributed by atoms with Crippen molar-refractivity contribution in [3.63, 3.8) is 0 Å². The molecular weight excluding hydrogens is 260 g/mol. The zero-order valence-electron chi connectivity index (χ0n) is 12.0. The monoisotopic (exact) mass is 278 g/mol. The molecule has 2 aromatic carbocycles. The first kappa shape index (κ1) is 13.4. The third kappa shape index (κ3) is 3.11. The number of nitrogens with zero attached hydrogens (tertiary/aromatic N) is 3. The SMILES string of the molecule is CCC(Nc1ccc(-n2nccn2)cc1)c1ccccc1. The van der Waals surface area contributed by atoms with Crippen molar-refractivity contribution in [1.82, 2.24) is 15.0 Å². The predicted molar refractivity (Wildman–Crippen MR) is 84.5 cm³/mol. The molecule has 1 unspecified atom stereocenters. The Morgan fingerprint density at radius 1 is 0.952 bits per heavy atom. The quantitative estimate of drug-likeness (QED) is 0.771. The first-order valence-electron chi connectivity index (χ1n) is 7.15. The summed E-state index contributed by atoms with van der Waals surface area (Å²) in [4.78, 5) is 1.61. The van der Waals surface area contributed by atoms with Gasteiger partial charge in [0.2, 0.25) is 0 Å². The van der Waals surface area contributed by atoms with Crippen LogP contribution in [-0.2, 0) is 0 Å². The van der Waals surface area contributed by atoms with Crippen LogP contribution in [0.1, 0.15) is 24.9 Å². The predicted octanol–water partition coefficient (Wildman–Crippen LogP) is 3.83. The maximum Gasteiger partial charge on any atom is 0.0858 e. The fraction of sp³-hybridized carbons (Fsp3) is 0.176. The van der Waals surface area contributed by atoms with Crippen LogP contribution in [0.3, 0.4) is 0 Å². The van der Waals surface area contributed by atoms with Gasteiger partial charge in [0.25, 0.3) is 0 Å². The number of anilines is 1. The van der Waals surface area contributed by atoms with Crippen LogP contribution < -0.4 is 5.32 Å². The summed E-state index contributed by atoms with van der Waals surface area (Å²) in [5.41, 5.74) is 3.36. The Balaban J connectivity index is 1.75. The zero-order valence-corrected chi connectivity index (χ0v) is 12.0. The second kappa shape index (κ2) is 6.22. The molecule has 0 saturated carbocycles. The van der Waals surface area contributed by atoms with Gasteiger partial charge in [-0.05, 0) is 36.2 Å². The lowest BCUT2D eigenvalue weighted by atomic mass is 10.0. The van der Waals surface area contributed by atoms with Gasteiger partial charge >= 0.3 is 0 Å². The minimum absolute atomic E-state index is 0.319. The summed E-state index contributed by atoms with van der Waals surface area (Å²) in [6.07, 6.45) is 4.38. The van der Waals surface area contributed by atoms with Gasteiger partial charge in [-0.1, -0.05) is 37.3 Å². The van der Waals surface area contributed by atoms with E-state index in [1.54, 1.807) is 17.2 Å². The van der Waals surface area contributed by atoms with Crippen molar-refractivity contribution < 1.29 is 0 Å². The molecule has 4 nitrogen and oxygen atoms in total. The summed E-state index contributed by atoms with van der Waals surface area (Å²) in [5.74, 6) is 0. The van der Waals surface area contributed by atoms with E-state index in [9.17, 15) is 0 Å². The van der Waals surface area contributed by atoms with Crippen LogP contribution in [0.25, 0.3) is 5.69 Å². The first-order valence-corrected chi connectivity index (χ1v) is 7.15. The van der Waals surface area contributed by atoms with E-state index in [1.165, 1.54) is 5.56 Å². The van der Waals surface area contributed by atoms with E-state index in [1.807, 2.05) is 18.2 Å². The lowest BCUT2D eigenvalue weighted by Gasteiger charge is -2.19. The molecule has 3 aromatic rings. The van der Waals surface area contributed by atoms with Crippen LogP contribution in [0.2, 0.25) is 0 Å².